The average Bonchev–Trinajstić information content (AvgIpc) is 3.27. The molecule has 0 radical (unpaired) electrons. The number of nitrogens with zero attached hydrogens (tertiary/aromatic N) is 6. The van der Waals surface area contributed by atoms with Gasteiger partial charge in [0.05, 0.1) is 6.54 Å². The molecule has 9 heteroatoms. The number of rotatable bonds is 5. The maximum atomic E-state index is 6.09. The van der Waals surface area contributed by atoms with Gasteiger partial charge in [-0.3, -0.25) is 9.80 Å². The zero-order valence-corrected chi connectivity index (χ0v) is 16.0. The first-order valence-electron chi connectivity index (χ1n) is 8.48. The van der Waals surface area contributed by atoms with Crippen LogP contribution in [-0.2, 0) is 13.1 Å². The minimum absolute atomic E-state index is 0.643. The highest BCUT2D eigenvalue weighted by Crippen LogP contribution is 2.20. The molecule has 0 aliphatic carbocycles. The van der Waals surface area contributed by atoms with Crippen LogP contribution in [0.2, 0.25) is 4.34 Å². The van der Waals surface area contributed by atoms with Gasteiger partial charge in [0, 0.05) is 49.8 Å². The molecule has 1 saturated heterocycles. The summed E-state index contributed by atoms with van der Waals surface area (Å²) in [5.41, 5.74) is 3.05. The highest BCUT2D eigenvalue weighted by molar-refractivity contribution is 7.10. The lowest BCUT2D eigenvalue weighted by Crippen LogP contribution is -2.45. The van der Waals surface area contributed by atoms with Crippen molar-refractivity contribution in [3.63, 3.8) is 0 Å². The van der Waals surface area contributed by atoms with Gasteiger partial charge in [0.25, 0.3) is 0 Å². The van der Waals surface area contributed by atoms with Crippen LogP contribution >= 0.6 is 23.1 Å². The molecule has 0 spiro atoms. The Bertz CT molecular complexity index is 856. The Balaban J connectivity index is 1.31. The largest absolute Gasteiger partial charge is 0.338 e. The van der Waals surface area contributed by atoms with Crippen LogP contribution in [0.3, 0.4) is 0 Å². The molecule has 0 N–H and O–H groups in total. The van der Waals surface area contributed by atoms with Gasteiger partial charge >= 0.3 is 0 Å². The van der Waals surface area contributed by atoms with Crippen molar-refractivity contribution in [1.29, 1.82) is 0 Å². The number of piperazine rings is 1. The van der Waals surface area contributed by atoms with Crippen molar-refractivity contribution in [2.75, 3.05) is 26.2 Å². The van der Waals surface area contributed by atoms with E-state index in [9.17, 15) is 0 Å². The maximum Gasteiger partial charge on any atom is 0.241 e. The summed E-state index contributed by atoms with van der Waals surface area (Å²) in [6, 6.07) is 8.13. The topological polar surface area (TPSA) is 71.2 Å². The van der Waals surface area contributed by atoms with Crippen LogP contribution in [0.25, 0.3) is 11.4 Å². The van der Waals surface area contributed by atoms with Crippen LogP contribution in [0.4, 0.5) is 0 Å². The second-order valence-corrected chi connectivity index (χ2v) is 7.78. The first-order chi connectivity index (χ1) is 12.7. The zero-order chi connectivity index (χ0) is 17.9. The Labute approximate surface area is 160 Å². The van der Waals surface area contributed by atoms with Gasteiger partial charge in [-0.1, -0.05) is 51.1 Å². The summed E-state index contributed by atoms with van der Waals surface area (Å²) >= 11 is 7.32. The van der Waals surface area contributed by atoms with Crippen molar-refractivity contribution in [3.05, 3.63) is 45.7 Å². The SMILES string of the molecule is Cc1ccc(-c2noc(CN3CCN(Cc4nnsc4Cl)CC3)n2)cc1. The van der Waals surface area contributed by atoms with Gasteiger partial charge in [-0.25, -0.2) is 0 Å². The van der Waals surface area contributed by atoms with Crippen LogP contribution < -0.4 is 0 Å². The van der Waals surface area contributed by atoms with E-state index in [0.29, 0.717) is 22.6 Å². The molecule has 1 aliphatic heterocycles. The highest BCUT2D eigenvalue weighted by Gasteiger charge is 2.21. The summed E-state index contributed by atoms with van der Waals surface area (Å²) in [6.07, 6.45) is 0. The number of benzene rings is 1. The van der Waals surface area contributed by atoms with Gasteiger partial charge in [-0.15, -0.1) is 5.10 Å². The summed E-state index contributed by atoms with van der Waals surface area (Å²) in [6.45, 7) is 7.27. The van der Waals surface area contributed by atoms with Crippen molar-refractivity contribution >= 4 is 23.1 Å². The van der Waals surface area contributed by atoms with Crippen LogP contribution in [0.1, 0.15) is 17.1 Å². The number of aryl methyl sites for hydroxylation is 1. The fraction of sp³-hybridized carbons (Fsp3) is 0.412. The van der Waals surface area contributed by atoms with Gasteiger partial charge in [-0.2, -0.15) is 4.98 Å². The smallest absolute Gasteiger partial charge is 0.241 e. The van der Waals surface area contributed by atoms with Crippen molar-refractivity contribution in [2.24, 2.45) is 0 Å². The molecular weight excluding hydrogens is 372 g/mol. The molecule has 7 nitrogen and oxygen atoms in total. The molecule has 136 valence electrons. The van der Waals surface area contributed by atoms with Crippen molar-refractivity contribution in [3.8, 4) is 11.4 Å². The fourth-order valence-electron chi connectivity index (χ4n) is 2.94. The number of aromatic nitrogens is 4. The second kappa shape index (κ2) is 7.79. The molecule has 26 heavy (non-hydrogen) atoms. The average molecular weight is 391 g/mol. The first-order valence-corrected chi connectivity index (χ1v) is 9.63. The van der Waals surface area contributed by atoms with E-state index in [-0.39, 0.29) is 0 Å². The molecule has 0 bridgehead atoms. The number of halogens is 1. The van der Waals surface area contributed by atoms with Gasteiger partial charge in [-0.05, 0) is 6.92 Å². The molecule has 0 atom stereocenters. The molecule has 0 saturated carbocycles. The predicted octanol–water partition coefficient (Wildman–Crippen LogP) is 2.87. The van der Waals surface area contributed by atoms with Crippen molar-refractivity contribution in [1.82, 2.24) is 29.5 Å². The lowest BCUT2D eigenvalue weighted by molar-refractivity contribution is 0.111. The molecular formula is C17H19ClN6OS. The summed E-state index contributed by atoms with van der Waals surface area (Å²) in [5.74, 6) is 1.30. The molecule has 1 aliphatic rings. The molecule has 0 amide bonds. The first kappa shape index (κ1) is 17.5. The Morgan fingerprint density at radius 3 is 2.42 bits per heavy atom. The Kier molecular flexibility index (Phi) is 5.26. The minimum Gasteiger partial charge on any atom is -0.338 e. The molecule has 0 unspecified atom stereocenters. The predicted molar refractivity (Wildman–Crippen MR) is 99.9 cm³/mol. The van der Waals surface area contributed by atoms with E-state index in [1.807, 2.05) is 12.1 Å². The lowest BCUT2D eigenvalue weighted by Gasteiger charge is -2.33. The fourth-order valence-corrected chi connectivity index (χ4v) is 3.55. The lowest BCUT2D eigenvalue weighted by atomic mass is 10.1. The van der Waals surface area contributed by atoms with Crippen LogP contribution in [0.15, 0.2) is 28.8 Å². The van der Waals surface area contributed by atoms with Gasteiger partial charge < -0.3 is 4.52 Å². The highest BCUT2D eigenvalue weighted by atomic mass is 35.5. The molecule has 1 aromatic carbocycles. The van der Waals surface area contributed by atoms with E-state index >= 15 is 0 Å². The maximum absolute atomic E-state index is 6.09. The minimum atomic E-state index is 0.643. The van der Waals surface area contributed by atoms with Crippen LogP contribution in [0, 0.1) is 6.92 Å². The molecule has 1 fully saturated rings. The van der Waals surface area contributed by atoms with Crippen LogP contribution in [0.5, 0.6) is 0 Å². The van der Waals surface area contributed by atoms with Gasteiger partial charge in [0.1, 0.15) is 10.0 Å². The Hall–Kier alpha value is -1.87. The summed E-state index contributed by atoms with van der Waals surface area (Å²) in [4.78, 5) is 9.19. The summed E-state index contributed by atoms with van der Waals surface area (Å²) < 4.78 is 10.00. The van der Waals surface area contributed by atoms with Crippen LogP contribution in [-0.4, -0.2) is 55.7 Å². The standard InChI is InChI=1S/C17H19ClN6OS/c1-12-2-4-13(5-3-12)17-19-15(25-21-17)11-24-8-6-23(7-9-24)10-14-16(18)26-22-20-14/h2-5H,6-11H2,1H3. The monoisotopic (exact) mass is 390 g/mol. The normalized spacial score (nSPS) is 16.2. The Morgan fingerprint density at radius 1 is 1.08 bits per heavy atom. The van der Waals surface area contributed by atoms with Crippen molar-refractivity contribution in [2.45, 2.75) is 20.0 Å². The van der Waals surface area contributed by atoms with E-state index in [1.54, 1.807) is 0 Å². The molecule has 3 aromatic rings. The number of hydrogen-bond acceptors (Lipinski definition) is 8. The summed E-state index contributed by atoms with van der Waals surface area (Å²) in [7, 11) is 0. The molecule has 2 aromatic heterocycles. The third-order valence-electron chi connectivity index (χ3n) is 4.48. The third kappa shape index (κ3) is 4.09. The summed E-state index contributed by atoms with van der Waals surface area (Å²) in [5, 5.41) is 8.19. The quantitative estimate of drug-likeness (QED) is 0.663. The zero-order valence-electron chi connectivity index (χ0n) is 14.4. The van der Waals surface area contributed by atoms with Crippen molar-refractivity contribution < 1.29 is 4.52 Å². The van der Waals surface area contributed by atoms with E-state index < -0.39 is 0 Å². The van der Waals surface area contributed by atoms with E-state index in [1.165, 1.54) is 17.1 Å². The third-order valence-corrected chi connectivity index (χ3v) is 5.47. The van der Waals surface area contributed by atoms with Gasteiger partial charge in [0.2, 0.25) is 11.7 Å². The van der Waals surface area contributed by atoms with Gasteiger partial charge in [0.15, 0.2) is 0 Å². The second-order valence-electron chi connectivity index (χ2n) is 6.42. The van der Waals surface area contributed by atoms with E-state index in [4.69, 9.17) is 16.1 Å². The number of hydrogen-bond donors (Lipinski definition) is 0. The Morgan fingerprint density at radius 2 is 1.77 bits per heavy atom. The van der Waals surface area contributed by atoms with E-state index in [2.05, 4.69) is 48.6 Å². The van der Waals surface area contributed by atoms with E-state index in [0.717, 1.165) is 44.0 Å². The molecule has 3 heterocycles. The molecule has 4 rings (SSSR count).